The molecule has 1 aromatic rings. The molecule has 1 unspecified atom stereocenters. The fraction of sp³-hybridized carbons (Fsp3) is 0.588. The smallest absolute Gasteiger partial charge is 0.308 e. The van der Waals surface area contributed by atoms with E-state index in [1.54, 1.807) is 0 Å². The van der Waals surface area contributed by atoms with E-state index in [4.69, 9.17) is 0 Å². The number of hydrogen-bond acceptors (Lipinski definition) is 4. The first-order valence-corrected chi connectivity index (χ1v) is 9.78. The number of nitrogens with one attached hydrogen (secondary N) is 1. The number of hydrogen-bond donors (Lipinski definition) is 1. The molecule has 0 amide bonds. The van der Waals surface area contributed by atoms with Crippen LogP contribution in [0, 0.1) is 11.8 Å². The van der Waals surface area contributed by atoms with Crippen LogP contribution in [0.1, 0.15) is 36.3 Å². The van der Waals surface area contributed by atoms with Crippen LogP contribution in [-0.4, -0.2) is 33.8 Å². The van der Waals surface area contributed by atoms with E-state index in [2.05, 4.69) is 21.6 Å². The predicted octanol–water partition coefficient (Wildman–Crippen LogP) is 1.83. The number of rotatable bonds is 7. The van der Waals surface area contributed by atoms with Crippen molar-refractivity contribution in [1.29, 1.82) is 0 Å². The molecule has 0 aromatic heterocycles. The van der Waals surface area contributed by atoms with E-state index >= 15 is 0 Å². The molecule has 0 radical (unpaired) electrons. The lowest BCUT2D eigenvalue weighted by Gasteiger charge is -2.12. The minimum absolute atomic E-state index is 0.0874. The summed E-state index contributed by atoms with van der Waals surface area (Å²) < 4.78 is 31.6. The van der Waals surface area contributed by atoms with E-state index in [9.17, 15) is 13.2 Å². The largest absolute Gasteiger partial charge is 0.469 e. The third-order valence-electron chi connectivity index (χ3n) is 4.98. The first-order chi connectivity index (χ1) is 11.0. The van der Waals surface area contributed by atoms with Gasteiger partial charge >= 0.3 is 5.97 Å². The minimum atomic E-state index is -3.28. The van der Waals surface area contributed by atoms with Crippen LogP contribution in [0.4, 0.5) is 0 Å². The second kappa shape index (κ2) is 6.61. The summed E-state index contributed by atoms with van der Waals surface area (Å²) in [6.07, 6.45) is 3.43. The van der Waals surface area contributed by atoms with Crippen LogP contribution in [0.3, 0.4) is 0 Å². The van der Waals surface area contributed by atoms with Gasteiger partial charge in [-0.3, -0.25) is 4.79 Å². The summed E-state index contributed by atoms with van der Waals surface area (Å²) in [4.78, 5) is 11.3. The lowest BCUT2D eigenvalue weighted by molar-refractivity contribution is -0.142. The maximum absolute atomic E-state index is 12.2. The molecular weight excluding hydrogens is 314 g/mol. The van der Waals surface area contributed by atoms with Crippen LogP contribution >= 0.6 is 0 Å². The molecule has 1 saturated carbocycles. The topological polar surface area (TPSA) is 72.5 Å². The van der Waals surface area contributed by atoms with Gasteiger partial charge in [-0.25, -0.2) is 13.1 Å². The Kier molecular flexibility index (Phi) is 4.73. The molecule has 2 aliphatic carbocycles. The fourth-order valence-corrected chi connectivity index (χ4v) is 4.67. The third kappa shape index (κ3) is 3.93. The third-order valence-corrected chi connectivity index (χ3v) is 6.36. The van der Waals surface area contributed by atoms with Crippen LogP contribution in [-0.2, 0) is 26.0 Å². The van der Waals surface area contributed by atoms with E-state index < -0.39 is 10.0 Å². The molecular formula is C17H23NO4S. The van der Waals surface area contributed by atoms with E-state index in [1.165, 1.54) is 18.2 Å². The molecule has 0 bridgehead atoms. The van der Waals surface area contributed by atoms with Gasteiger partial charge in [0.2, 0.25) is 10.0 Å². The van der Waals surface area contributed by atoms with Gasteiger partial charge < -0.3 is 4.74 Å². The second-order valence-electron chi connectivity index (χ2n) is 6.52. The summed E-state index contributed by atoms with van der Waals surface area (Å²) in [5.74, 6) is 0.193. The Bertz CT molecular complexity index is 686. The Morgan fingerprint density at radius 2 is 2.13 bits per heavy atom. The molecule has 1 fully saturated rings. The lowest BCUT2D eigenvalue weighted by atomic mass is 9.99. The quantitative estimate of drug-likeness (QED) is 0.771. The number of benzene rings is 1. The maximum Gasteiger partial charge on any atom is 0.308 e. The highest BCUT2D eigenvalue weighted by atomic mass is 32.2. The van der Waals surface area contributed by atoms with Gasteiger partial charge in [-0.2, -0.15) is 0 Å². The van der Waals surface area contributed by atoms with Gasteiger partial charge in [-0.1, -0.05) is 24.3 Å². The van der Waals surface area contributed by atoms with Gasteiger partial charge in [0.1, 0.15) is 0 Å². The number of sulfonamides is 1. The minimum Gasteiger partial charge on any atom is -0.469 e. The molecule has 1 N–H and O–H groups in total. The Hall–Kier alpha value is -1.40. The molecule has 3 atom stereocenters. The molecule has 0 saturated heterocycles. The van der Waals surface area contributed by atoms with Gasteiger partial charge in [0, 0.05) is 6.54 Å². The van der Waals surface area contributed by atoms with Crippen molar-refractivity contribution >= 4 is 16.0 Å². The van der Waals surface area contributed by atoms with Gasteiger partial charge in [0.25, 0.3) is 0 Å². The maximum atomic E-state index is 12.2. The van der Waals surface area contributed by atoms with Crippen LogP contribution < -0.4 is 4.72 Å². The summed E-state index contributed by atoms with van der Waals surface area (Å²) in [6, 6.07) is 8.29. The first-order valence-electron chi connectivity index (χ1n) is 8.13. The fourth-order valence-electron chi connectivity index (χ4n) is 3.46. The van der Waals surface area contributed by atoms with Crippen LogP contribution in [0.25, 0.3) is 0 Å². The molecule has 0 aliphatic heterocycles. The molecule has 0 heterocycles. The summed E-state index contributed by atoms with van der Waals surface area (Å²) in [5, 5.41) is 0. The Labute approximate surface area is 137 Å². The van der Waals surface area contributed by atoms with Crippen molar-refractivity contribution in [2.24, 2.45) is 11.8 Å². The SMILES string of the molecule is COC(=O)[C@@H]1C[C@@H]1CNS(=O)(=O)CCC1CCc2ccccc21. The van der Waals surface area contributed by atoms with E-state index in [0.29, 0.717) is 25.3 Å². The summed E-state index contributed by atoms with van der Waals surface area (Å²) in [5.41, 5.74) is 2.65. The van der Waals surface area contributed by atoms with Crippen molar-refractivity contribution in [3.8, 4) is 0 Å². The number of aryl methyl sites for hydroxylation is 1. The Morgan fingerprint density at radius 3 is 2.91 bits per heavy atom. The van der Waals surface area contributed by atoms with Crippen molar-refractivity contribution in [1.82, 2.24) is 4.72 Å². The number of methoxy groups -OCH3 is 1. The molecule has 2 aliphatic rings. The van der Waals surface area contributed by atoms with E-state index in [0.717, 1.165) is 12.8 Å². The standard InChI is InChI=1S/C17H23NO4S/c1-22-17(19)16-10-14(16)11-18-23(20,21)9-8-13-7-6-12-4-2-3-5-15(12)13/h2-5,13-14,16,18H,6-11H2,1H3/t13?,14-,16-/m1/s1. The summed E-state index contributed by atoms with van der Waals surface area (Å²) >= 11 is 0. The van der Waals surface area contributed by atoms with Crippen molar-refractivity contribution in [3.05, 3.63) is 35.4 Å². The van der Waals surface area contributed by atoms with Crippen LogP contribution in [0.5, 0.6) is 0 Å². The average molecular weight is 337 g/mol. The monoisotopic (exact) mass is 337 g/mol. The van der Waals surface area contributed by atoms with Crippen LogP contribution in [0.2, 0.25) is 0 Å². The van der Waals surface area contributed by atoms with E-state index in [1.807, 2.05) is 12.1 Å². The van der Waals surface area contributed by atoms with Crippen molar-refractivity contribution in [2.75, 3.05) is 19.4 Å². The van der Waals surface area contributed by atoms with Gasteiger partial charge in [-0.05, 0) is 48.6 Å². The van der Waals surface area contributed by atoms with Gasteiger partial charge in [0.15, 0.2) is 0 Å². The molecule has 126 valence electrons. The van der Waals surface area contributed by atoms with Crippen LogP contribution in [0.15, 0.2) is 24.3 Å². The molecule has 6 heteroatoms. The zero-order chi connectivity index (χ0) is 16.4. The number of carbonyl (C=O) groups is 1. The Balaban J connectivity index is 1.46. The zero-order valence-electron chi connectivity index (χ0n) is 13.3. The van der Waals surface area contributed by atoms with Gasteiger partial charge in [0.05, 0.1) is 18.8 Å². The normalized spacial score (nSPS) is 25.9. The molecule has 1 aromatic carbocycles. The predicted molar refractivity (Wildman–Crippen MR) is 87.5 cm³/mol. The molecule has 3 rings (SSSR count). The Morgan fingerprint density at radius 1 is 1.35 bits per heavy atom. The lowest BCUT2D eigenvalue weighted by Crippen LogP contribution is -2.29. The summed E-state index contributed by atoms with van der Waals surface area (Å²) in [6.45, 7) is 0.337. The zero-order valence-corrected chi connectivity index (χ0v) is 14.1. The number of ether oxygens (including phenoxy) is 1. The van der Waals surface area contributed by atoms with Crippen molar-refractivity contribution in [2.45, 2.75) is 31.6 Å². The first kappa shape index (κ1) is 16.5. The van der Waals surface area contributed by atoms with Gasteiger partial charge in [-0.15, -0.1) is 0 Å². The summed E-state index contributed by atoms with van der Waals surface area (Å²) in [7, 11) is -1.92. The highest BCUT2D eigenvalue weighted by Gasteiger charge is 2.44. The molecule has 0 spiro atoms. The van der Waals surface area contributed by atoms with Crippen molar-refractivity contribution in [3.63, 3.8) is 0 Å². The number of fused-ring (bicyclic) bond motifs is 1. The highest BCUT2D eigenvalue weighted by molar-refractivity contribution is 7.89. The second-order valence-corrected chi connectivity index (χ2v) is 8.44. The number of carbonyl (C=O) groups excluding carboxylic acids is 1. The molecule has 5 nitrogen and oxygen atoms in total. The van der Waals surface area contributed by atoms with Crippen molar-refractivity contribution < 1.29 is 17.9 Å². The highest BCUT2D eigenvalue weighted by Crippen LogP contribution is 2.39. The molecule has 23 heavy (non-hydrogen) atoms. The average Bonchev–Trinajstić information content (AvgIpc) is 3.22. The van der Waals surface area contributed by atoms with E-state index in [-0.39, 0.29) is 23.6 Å². The number of esters is 1.